The van der Waals surface area contributed by atoms with Gasteiger partial charge in [0.15, 0.2) is 0 Å². The van der Waals surface area contributed by atoms with Crippen LogP contribution in [0.5, 0.6) is 0 Å². The van der Waals surface area contributed by atoms with E-state index in [1.165, 1.54) is 31.4 Å². The molecule has 0 radical (unpaired) electrons. The first-order valence-electron chi connectivity index (χ1n) is 6.08. The lowest BCUT2D eigenvalue weighted by molar-refractivity contribution is 0.0601. The molecule has 0 bridgehead atoms. The number of rotatable bonds is 4. The van der Waals surface area contributed by atoms with Crippen molar-refractivity contribution >= 4 is 21.7 Å². The van der Waals surface area contributed by atoms with Gasteiger partial charge in [-0.2, -0.15) is 5.10 Å². The van der Waals surface area contributed by atoms with Gasteiger partial charge in [-0.1, -0.05) is 0 Å². The molecule has 2 aromatic rings. The summed E-state index contributed by atoms with van der Waals surface area (Å²) in [7, 11) is -2.45. The zero-order chi connectivity index (χ0) is 15.6. The first-order chi connectivity index (χ1) is 9.85. The van der Waals surface area contributed by atoms with Crippen LogP contribution in [0.15, 0.2) is 29.2 Å². The molecule has 0 aliphatic carbocycles. The molecule has 0 aliphatic rings. The average molecular weight is 309 g/mol. The summed E-state index contributed by atoms with van der Waals surface area (Å²) in [5.74, 6) is -0.481. The lowest BCUT2D eigenvalue weighted by atomic mass is 10.2. The molecule has 7 nitrogen and oxygen atoms in total. The minimum atomic E-state index is -3.73. The Morgan fingerprint density at radius 3 is 2.33 bits per heavy atom. The number of methoxy groups -OCH3 is 1. The summed E-state index contributed by atoms with van der Waals surface area (Å²) >= 11 is 0. The van der Waals surface area contributed by atoms with Gasteiger partial charge < -0.3 is 4.74 Å². The Hall–Kier alpha value is -2.35. The molecule has 0 saturated carbocycles. The molecule has 1 aromatic carbocycles. The van der Waals surface area contributed by atoms with Gasteiger partial charge in [-0.15, -0.1) is 0 Å². The molecule has 0 spiro atoms. The van der Waals surface area contributed by atoms with Crippen LogP contribution < -0.4 is 4.72 Å². The highest BCUT2D eigenvalue weighted by atomic mass is 32.2. The molecular formula is C13H15N3O4S. The summed E-state index contributed by atoms with van der Waals surface area (Å²) in [5, 5.41) is 6.50. The van der Waals surface area contributed by atoms with E-state index in [2.05, 4.69) is 19.7 Å². The van der Waals surface area contributed by atoms with Gasteiger partial charge in [0.05, 0.1) is 24.1 Å². The quantitative estimate of drug-likeness (QED) is 0.836. The van der Waals surface area contributed by atoms with Gasteiger partial charge in [0.2, 0.25) is 0 Å². The molecule has 0 fully saturated rings. The van der Waals surface area contributed by atoms with Gasteiger partial charge in [0.25, 0.3) is 10.0 Å². The molecule has 2 rings (SSSR count). The third-order valence-corrected chi connectivity index (χ3v) is 4.53. The number of aromatic amines is 1. The summed E-state index contributed by atoms with van der Waals surface area (Å²) < 4.78 is 31.7. The Kier molecular flexibility index (Phi) is 3.99. The van der Waals surface area contributed by atoms with E-state index in [4.69, 9.17) is 0 Å². The third-order valence-electron chi connectivity index (χ3n) is 2.89. The van der Waals surface area contributed by atoms with Crippen LogP contribution in [-0.4, -0.2) is 31.7 Å². The number of esters is 1. The monoisotopic (exact) mass is 309 g/mol. The minimum absolute atomic E-state index is 0.125. The molecule has 8 heteroatoms. The van der Waals surface area contributed by atoms with Crippen LogP contribution in [0.4, 0.5) is 5.69 Å². The predicted molar refractivity (Wildman–Crippen MR) is 76.7 cm³/mol. The second kappa shape index (κ2) is 5.57. The highest BCUT2D eigenvalue weighted by Crippen LogP contribution is 2.21. The van der Waals surface area contributed by atoms with Crippen LogP contribution in [0.25, 0.3) is 0 Å². The Morgan fingerprint density at radius 1 is 1.24 bits per heavy atom. The fourth-order valence-electron chi connectivity index (χ4n) is 1.93. The zero-order valence-electron chi connectivity index (χ0n) is 11.8. The maximum absolute atomic E-state index is 12.3. The molecule has 21 heavy (non-hydrogen) atoms. The van der Waals surface area contributed by atoms with Crippen molar-refractivity contribution in [2.75, 3.05) is 11.8 Å². The maximum atomic E-state index is 12.3. The lowest BCUT2D eigenvalue weighted by Crippen LogP contribution is -2.14. The van der Waals surface area contributed by atoms with Gasteiger partial charge >= 0.3 is 5.97 Å². The number of carbonyl (C=O) groups is 1. The first kappa shape index (κ1) is 15.0. The van der Waals surface area contributed by atoms with Crippen molar-refractivity contribution in [1.82, 2.24) is 10.2 Å². The summed E-state index contributed by atoms with van der Waals surface area (Å²) in [5.41, 5.74) is 1.55. The van der Waals surface area contributed by atoms with Gasteiger partial charge in [-0.05, 0) is 38.1 Å². The number of H-pyrrole nitrogens is 1. The molecule has 0 saturated heterocycles. The second-order valence-corrected chi connectivity index (χ2v) is 6.06. The standard InChI is InChI=1S/C13H15N3O4S/c1-8-12(9(2)15-14-8)21(18,19)16-11-6-4-10(5-7-11)13(17)20-3/h4-7,16H,1-3H3,(H,14,15). The van der Waals surface area contributed by atoms with E-state index in [1.54, 1.807) is 13.8 Å². The van der Waals surface area contributed by atoms with E-state index in [-0.39, 0.29) is 4.90 Å². The number of ether oxygens (including phenoxy) is 1. The molecule has 1 heterocycles. The number of carbonyl (C=O) groups excluding carboxylic acids is 1. The second-order valence-electron chi connectivity index (χ2n) is 4.44. The molecule has 0 unspecified atom stereocenters. The number of hydrogen-bond acceptors (Lipinski definition) is 5. The smallest absolute Gasteiger partial charge is 0.337 e. The Morgan fingerprint density at radius 2 is 1.86 bits per heavy atom. The SMILES string of the molecule is COC(=O)c1ccc(NS(=O)(=O)c2c(C)n[nH]c2C)cc1. The molecule has 0 atom stereocenters. The van der Waals surface area contributed by atoms with Crippen LogP contribution in [-0.2, 0) is 14.8 Å². The van der Waals surface area contributed by atoms with Crippen LogP contribution in [0.2, 0.25) is 0 Å². The normalized spacial score (nSPS) is 11.2. The van der Waals surface area contributed by atoms with Gasteiger partial charge in [0, 0.05) is 5.69 Å². The van der Waals surface area contributed by atoms with Crippen molar-refractivity contribution in [1.29, 1.82) is 0 Å². The fourth-order valence-corrected chi connectivity index (χ4v) is 3.37. The summed E-state index contributed by atoms with van der Waals surface area (Å²) in [4.78, 5) is 11.4. The van der Waals surface area contributed by atoms with Gasteiger partial charge in [0.1, 0.15) is 4.90 Å². The molecule has 1 aromatic heterocycles. The minimum Gasteiger partial charge on any atom is -0.465 e. The van der Waals surface area contributed by atoms with Crippen LogP contribution in [0.1, 0.15) is 21.7 Å². The van der Waals surface area contributed by atoms with Gasteiger partial charge in [-0.3, -0.25) is 9.82 Å². The van der Waals surface area contributed by atoms with E-state index >= 15 is 0 Å². The highest BCUT2D eigenvalue weighted by molar-refractivity contribution is 7.92. The number of aryl methyl sites for hydroxylation is 2. The van der Waals surface area contributed by atoms with E-state index in [0.717, 1.165) is 0 Å². The third kappa shape index (κ3) is 3.05. The number of sulfonamides is 1. The van der Waals surface area contributed by atoms with Crippen molar-refractivity contribution in [2.45, 2.75) is 18.7 Å². The van der Waals surface area contributed by atoms with E-state index in [9.17, 15) is 13.2 Å². The topological polar surface area (TPSA) is 101 Å². The molecule has 112 valence electrons. The number of anilines is 1. The highest BCUT2D eigenvalue weighted by Gasteiger charge is 2.22. The number of aromatic nitrogens is 2. The predicted octanol–water partition coefficient (Wildman–Crippen LogP) is 1.61. The van der Waals surface area contributed by atoms with E-state index < -0.39 is 16.0 Å². The lowest BCUT2D eigenvalue weighted by Gasteiger charge is -2.08. The number of nitrogens with zero attached hydrogens (tertiary/aromatic N) is 1. The van der Waals surface area contributed by atoms with Crippen molar-refractivity contribution in [3.63, 3.8) is 0 Å². The van der Waals surface area contributed by atoms with Crippen LogP contribution >= 0.6 is 0 Å². The summed E-state index contributed by atoms with van der Waals surface area (Å²) in [6.45, 7) is 3.24. The molecular weight excluding hydrogens is 294 g/mol. The fraction of sp³-hybridized carbons (Fsp3) is 0.231. The van der Waals surface area contributed by atoms with Gasteiger partial charge in [-0.25, -0.2) is 13.2 Å². The van der Waals surface area contributed by atoms with E-state index in [0.29, 0.717) is 22.6 Å². The van der Waals surface area contributed by atoms with Crippen molar-refractivity contribution in [2.24, 2.45) is 0 Å². The Labute approximate surface area is 122 Å². The average Bonchev–Trinajstić information content (AvgIpc) is 2.78. The van der Waals surface area contributed by atoms with Crippen molar-refractivity contribution < 1.29 is 17.9 Å². The molecule has 0 aliphatic heterocycles. The molecule has 0 amide bonds. The summed E-state index contributed by atoms with van der Waals surface area (Å²) in [6, 6.07) is 5.96. The van der Waals surface area contributed by atoms with Crippen molar-refractivity contribution in [3.8, 4) is 0 Å². The first-order valence-corrected chi connectivity index (χ1v) is 7.56. The number of hydrogen-bond donors (Lipinski definition) is 2. The largest absolute Gasteiger partial charge is 0.465 e. The van der Waals surface area contributed by atoms with Crippen LogP contribution in [0, 0.1) is 13.8 Å². The molecule has 2 N–H and O–H groups in total. The number of benzene rings is 1. The Bertz CT molecular complexity index is 744. The Balaban J connectivity index is 2.27. The summed E-state index contributed by atoms with van der Waals surface area (Å²) in [6.07, 6.45) is 0. The van der Waals surface area contributed by atoms with Crippen molar-refractivity contribution in [3.05, 3.63) is 41.2 Å². The number of nitrogens with one attached hydrogen (secondary N) is 2. The zero-order valence-corrected chi connectivity index (χ0v) is 12.6. The maximum Gasteiger partial charge on any atom is 0.337 e. The van der Waals surface area contributed by atoms with Crippen LogP contribution in [0.3, 0.4) is 0 Å². The van der Waals surface area contributed by atoms with E-state index in [1.807, 2.05) is 0 Å².